The van der Waals surface area contributed by atoms with E-state index in [1.54, 1.807) is 18.2 Å². The van der Waals surface area contributed by atoms with Crippen LogP contribution in [0.5, 0.6) is 5.75 Å². The van der Waals surface area contributed by atoms with Crippen molar-refractivity contribution in [2.24, 2.45) is 0 Å². The lowest BCUT2D eigenvalue weighted by Gasteiger charge is -2.18. The van der Waals surface area contributed by atoms with Crippen molar-refractivity contribution in [3.63, 3.8) is 0 Å². The number of rotatable bonds is 7. The van der Waals surface area contributed by atoms with Crippen LogP contribution in [0.2, 0.25) is 0 Å². The standard InChI is InChI=1S/C19H25N3O3/c1-22(10-4-8-15-9-5-11-25-15)19(23)17-13-20-21-18(17)14-6-3-7-16(12-14)24-2/h3,6-7,12-13,15H,4-5,8-11H2,1-2H3,(H,20,21). The van der Waals surface area contributed by atoms with Gasteiger partial charge in [0.1, 0.15) is 5.75 Å². The predicted molar refractivity (Wildman–Crippen MR) is 95.7 cm³/mol. The molecule has 1 N–H and O–H groups in total. The highest BCUT2D eigenvalue weighted by Gasteiger charge is 2.20. The van der Waals surface area contributed by atoms with Gasteiger partial charge >= 0.3 is 0 Å². The average Bonchev–Trinajstić information content (AvgIpc) is 3.32. The molecule has 1 saturated heterocycles. The first-order valence-electron chi connectivity index (χ1n) is 8.74. The van der Waals surface area contributed by atoms with E-state index in [2.05, 4.69) is 10.2 Å². The number of hydrogen-bond acceptors (Lipinski definition) is 4. The fraction of sp³-hybridized carbons (Fsp3) is 0.474. The van der Waals surface area contributed by atoms with Crippen molar-refractivity contribution < 1.29 is 14.3 Å². The Morgan fingerprint density at radius 2 is 2.36 bits per heavy atom. The number of aromatic amines is 1. The van der Waals surface area contributed by atoms with E-state index in [4.69, 9.17) is 9.47 Å². The summed E-state index contributed by atoms with van der Waals surface area (Å²) in [7, 11) is 3.46. The van der Waals surface area contributed by atoms with Crippen molar-refractivity contribution in [3.8, 4) is 17.0 Å². The molecule has 25 heavy (non-hydrogen) atoms. The monoisotopic (exact) mass is 343 g/mol. The summed E-state index contributed by atoms with van der Waals surface area (Å²) in [4.78, 5) is 14.5. The molecule has 0 spiro atoms. The lowest BCUT2D eigenvalue weighted by molar-refractivity contribution is 0.0764. The number of H-pyrrole nitrogens is 1. The first-order chi connectivity index (χ1) is 12.2. The van der Waals surface area contributed by atoms with E-state index < -0.39 is 0 Å². The Morgan fingerprint density at radius 1 is 1.48 bits per heavy atom. The first kappa shape index (κ1) is 17.5. The van der Waals surface area contributed by atoms with Gasteiger partial charge < -0.3 is 14.4 Å². The van der Waals surface area contributed by atoms with Gasteiger partial charge in [0.15, 0.2) is 0 Å². The largest absolute Gasteiger partial charge is 0.497 e. The molecule has 6 heteroatoms. The molecule has 0 aliphatic carbocycles. The first-order valence-corrected chi connectivity index (χ1v) is 8.74. The van der Waals surface area contributed by atoms with Crippen LogP contribution in [0.3, 0.4) is 0 Å². The van der Waals surface area contributed by atoms with Gasteiger partial charge in [-0.15, -0.1) is 0 Å². The number of carbonyl (C=O) groups is 1. The molecule has 134 valence electrons. The maximum absolute atomic E-state index is 12.8. The van der Waals surface area contributed by atoms with Gasteiger partial charge in [-0.1, -0.05) is 12.1 Å². The van der Waals surface area contributed by atoms with E-state index in [1.165, 1.54) is 0 Å². The van der Waals surface area contributed by atoms with Gasteiger partial charge in [-0.2, -0.15) is 5.10 Å². The van der Waals surface area contributed by atoms with Gasteiger partial charge in [0, 0.05) is 25.8 Å². The van der Waals surface area contributed by atoms with E-state index in [-0.39, 0.29) is 5.91 Å². The second-order valence-electron chi connectivity index (χ2n) is 6.39. The van der Waals surface area contributed by atoms with Crippen molar-refractivity contribution in [2.45, 2.75) is 31.8 Å². The van der Waals surface area contributed by atoms with Gasteiger partial charge in [-0.05, 0) is 37.8 Å². The number of hydrogen-bond donors (Lipinski definition) is 1. The van der Waals surface area contributed by atoms with Gasteiger partial charge in [-0.25, -0.2) is 0 Å². The molecule has 1 atom stereocenters. The maximum Gasteiger partial charge on any atom is 0.257 e. The summed E-state index contributed by atoms with van der Waals surface area (Å²) in [6.07, 6.45) is 6.20. The third-order valence-corrected chi connectivity index (χ3v) is 4.62. The van der Waals surface area contributed by atoms with E-state index >= 15 is 0 Å². The average molecular weight is 343 g/mol. The summed E-state index contributed by atoms with van der Waals surface area (Å²) in [5.74, 6) is 0.717. The maximum atomic E-state index is 12.8. The second-order valence-corrected chi connectivity index (χ2v) is 6.39. The van der Waals surface area contributed by atoms with Crippen molar-refractivity contribution in [1.29, 1.82) is 0 Å². The minimum Gasteiger partial charge on any atom is -0.497 e. The Labute approximate surface area is 148 Å². The fourth-order valence-electron chi connectivity index (χ4n) is 3.18. The number of ether oxygens (including phenoxy) is 2. The van der Waals surface area contributed by atoms with Crippen LogP contribution in [-0.4, -0.2) is 54.4 Å². The Bertz CT molecular complexity index is 707. The zero-order valence-corrected chi connectivity index (χ0v) is 14.8. The van der Waals surface area contributed by atoms with Crippen molar-refractivity contribution in [2.75, 3.05) is 27.3 Å². The van der Waals surface area contributed by atoms with Gasteiger partial charge in [-0.3, -0.25) is 9.89 Å². The van der Waals surface area contributed by atoms with Crippen LogP contribution in [0.1, 0.15) is 36.0 Å². The van der Waals surface area contributed by atoms with Crippen LogP contribution < -0.4 is 4.74 Å². The van der Waals surface area contributed by atoms with Crippen molar-refractivity contribution >= 4 is 5.91 Å². The Kier molecular flexibility index (Phi) is 5.71. The highest BCUT2D eigenvalue weighted by molar-refractivity contribution is 5.99. The van der Waals surface area contributed by atoms with Crippen LogP contribution in [0, 0.1) is 0 Å². The molecular formula is C19H25N3O3. The molecule has 1 fully saturated rings. The lowest BCUT2D eigenvalue weighted by Crippen LogP contribution is -2.28. The molecule has 1 unspecified atom stereocenters. The smallest absolute Gasteiger partial charge is 0.257 e. The molecule has 6 nitrogen and oxygen atoms in total. The third kappa shape index (κ3) is 4.20. The summed E-state index contributed by atoms with van der Waals surface area (Å²) in [6, 6.07) is 7.60. The molecule has 2 aromatic rings. The number of amides is 1. The molecule has 1 amide bonds. The Hall–Kier alpha value is -2.34. The molecule has 1 aliphatic heterocycles. The number of nitrogens with zero attached hydrogens (tertiary/aromatic N) is 2. The predicted octanol–water partition coefficient (Wildman–Crippen LogP) is 3.12. The molecule has 1 aliphatic rings. The highest BCUT2D eigenvalue weighted by Crippen LogP contribution is 2.26. The lowest BCUT2D eigenvalue weighted by atomic mass is 10.1. The second kappa shape index (κ2) is 8.16. The molecule has 1 aromatic carbocycles. The number of methoxy groups -OCH3 is 1. The van der Waals surface area contributed by atoms with E-state index in [9.17, 15) is 4.79 Å². The van der Waals surface area contributed by atoms with E-state index in [0.717, 1.165) is 49.3 Å². The zero-order valence-electron chi connectivity index (χ0n) is 14.8. The fourth-order valence-corrected chi connectivity index (χ4v) is 3.18. The third-order valence-electron chi connectivity index (χ3n) is 4.62. The summed E-state index contributed by atoms with van der Waals surface area (Å²) in [5.41, 5.74) is 2.18. The van der Waals surface area contributed by atoms with E-state index in [1.807, 2.05) is 31.3 Å². The summed E-state index contributed by atoms with van der Waals surface area (Å²) in [6.45, 7) is 1.58. The van der Waals surface area contributed by atoms with Crippen LogP contribution in [0.4, 0.5) is 0 Å². The molecule has 1 aromatic heterocycles. The van der Waals surface area contributed by atoms with E-state index in [0.29, 0.717) is 18.2 Å². The Morgan fingerprint density at radius 3 is 3.12 bits per heavy atom. The number of benzene rings is 1. The van der Waals surface area contributed by atoms with Crippen LogP contribution in [0.15, 0.2) is 30.5 Å². The van der Waals surface area contributed by atoms with Gasteiger partial charge in [0.05, 0.1) is 30.7 Å². The zero-order chi connectivity index (χ0) is 17.6. The summed E-state index contributed by atoms with van der Waals surface area (Å²) >= 11 is 0. The topological polar surface area (TPSA) is 67.5 Å². The van der Waals surface area contributed by atoms with Crippen molar-refractivity contribution in [1.82, 2.24) is 15.1 Å². The minimum absolute atomic E-state index is 0.0288. The van der Waals surface area contributed by atoms with Crippen LogP contribution in [-0.2, 0) is 4.74 Å². The van der Waals surface area contributed by atoms with Crippen molar-refractivity contribution in [3.05, 3.63) is 36.0 Å². The van der Waals surface area contributed by atoms with Crippen LogP contribution >= 0.6 is 0 Å². The summed E-state index contributed by atoms with van der Waals surface area (Å²) in [5, 5.41) is 7.00. The van der Waals surface area contributed by atoms with Gasteiger partial charge in [0.2, 0.25) is 0 Å². The molecular weight excluding hydrogens is 318 g/mol. The minimum atomic E-state index is -0.0288. The quantitative estimate of drug-likeness (QED) is 0.839. The number of carbonyl (C=O) groups excluding carboxylic acids is 1. The summed E-state index contributed by atoms with van der Waals surface area (Å²) < 4.78 is 10.9. The number of aromatic nitrogens is 2. The van der Waals surface area contributed by atoms with Gasteiger partial charge in [0.25, 0.3) is 5.91 Å². The molecule has 2 heterocycles. The molecule has 0 bridgehead atoms. The normalized spacial score (nSPS) is 16.8. The SMILES string of the molecule is COc1cccc(-c2[nH]ncc2C(=O)N(C)CCCC2CCCO2)c1. The molecule has 0 saturated carbocycles. The Balaban J connectivity index is 1.64. The highest BCUT2D eigenvalue weighted by atomic mass is 16.5. The number of nitrogens with one attached hydrogen (secondary N) is 1. The molecule has 3 rings (SSSR count). The molecule has 0 radical (unpaired) electrons. The van der Waals surface area contributed by atoms with Crippen LogP contribution in [0.25, 0.3) is 11.3 Å².